The van der Waals surface area contributed by atoms with Crippen LogP contribution in [0, 0.1) is 11.3 Å². The molecule has 78 valence electrons. The van der Waals surface area contributed by atoms with Gasteiger partial charge in [-0.2, -0.15) is 5.26 Å². The Morgan fingerprint density at radius 1 is 1.47 bits per heavy atom. The molecule has 0 unspecified atom stereocenters. The van der Waals surface area contributed by atoms with Crippen molar-refractivity contribution in [1.82, 2.24) is 10.3 Å². The zero-order chi connectivity index (χ0) is 10.5. The SMILES string of the molecule is N#Cc1cc(NC2CCNCC2)ccn1. The minimum atomic E-state index is 0.467. The van der Waals surface area contributed by atoms with Gasteiger partial charge in [0, 0.05) is 17.9 Å². The summed E-state index contributed by atoms with van der Waals surface area (Å²) < 4.78 is 0. The van der Waals surface area contributed by atoms with E-state index in [0.29, 0.717) is 11.7 Å². The summed E-state index contributed by atoms with van der Waals surface area (Å²) in [5.41, 5.74) is 1.46. The molecule has 0 bridgehead atoms. The standard InChI is InChI=1S/C11H14N4/c12-8-11-7-10(3-6-14-11)15-9-1-4-13-5-2-9/h3,6-7,9,13H,1-2,4-5H2,(H,14,15). The Hall–Kier alpha value is -1.60. The van der Waals surface area contributed by atoms with Gasteiger partial charge in [0.25, 0.3) is 0 Å². The summed E-state index contributed by atoms with van der Waals surface area (Å²) in [5, 5.41) is 15.5. The van der Waals surface area contributed by atoms with Crippen molar-refractivity contribution in [3.8, 4) is 6.07 Å². The van der Waals surface area contributed by atoms with Crippen molar-refractivity contribution in [2.75, 3.05) is 18.4 Å². The molecular formula is C11H14N4. The highest BCUT2D eigenvalue weighted by molar-refractivity contribution is 5.46. The molecule has 0 aromatic carbocycles. The number of rotatable bonds is 2. The molecule has 4 heteroatoms. The van der Waals surface area contributed by atoms with Crippen molar-refractivity contribution in [1.29, 1.82) is 5.26 Å². The summed E-state index contributed by atoms with van der Waals surface area (Å²) in [6.45, 7) is 2.13. The lowest BCUT2D eigenvalue weighted by Gasteiger charge is -2.24. The number of hydrogen-bond donors (Lipinski definition) is 2. The Morgan fingerprint density at radius 3 is 3.00 bits per heavy atom. The Balaban J connectivity index is 2.00. The van der Waals surface area contributed by atoms with Crippen LogP contribution in [0.2, 0.25) is 0 Å². The van der Waals surface area contributed by atoms with Gasteiger partial charge < -0.3 is 10.6 Å². The van der Waals surface area contributed by atoms with Gasteiger partial charge in [0.05, 0.1) is 0 Å². The van der Waals surface area contributed by atoms with Gasteiger partial charge in [-0.05, 0) is 38.1 Å². The van der Waals surface area contributed by atoms with Crippen molar-refractivity contribution in [3.05, 3.63) is 24.0 Å². The fourth-order valence-electron chi connectivity index (χ4n) is 1.78. The average molecular weight is 202 g/mol. The summed E-state index contributed by atoms with van der Waals surface area (Å²) in [5.74, 6) is 0. The predicted octanol–water partition coefficient (Wildman–Crippen LogP) is 1.12. The van der Waals surface area contributed by atoms with E-state index >= 15 is 0 Å². The van der Waals surface area contributed by atoms with Crippen LogP contribution >= 0.6 is 0 Å². The van der Waals surface area contributed by atoms with Crippen molar-refractivity contribution in [2.24, 2.45) is 0 Å². The van der Waals surface area contributed by atoms with Crippen LogP contribution in [-0.4, -0.2) is 24.1 Å². The Bertz CT molecular complexity index is 363. The quantitative estimate of drug-likeness (QED) is 0.754. The zero-order valence-corrected chi connectivity index (χ0v) is 8.53. The van der Waals surface area contributed by atoms with E-state index in [1.54, 1.807) is 12.3 Å². The van der Waals surface area contributed by atoms with Gasteiger partial charge in [0.2, 0.25) is 0 Å². The monoisotopic (exact) mass is 202 g/mol. The van der Waals surface area contributed by atoms with E-state index in [1.165, 1.54) is 0 Å². The first-order valence-corrected chi connectivity index (χ1v) is 5.22. The van der Waals surface area contributed by atoms with Gasteiger partial charge in [-0.1, -0.05) is 0 Å². The smallest absolute Gasteiger partial charge is 0.142 e. The zero-order valence-electron chi connectivity index (χ0n) is 8.53. The highest BCUT2D eigenvalue weighted by Crippen LogP contribution is 2.13. The Kier molecular flexibility index (Phi) is 3.15. The molecule has 2 rings (SSSR count). The van der Waals surface area contributed by atoms with E-state index < -0.39 is 0 Å². The van der Waals surface area contributed by atoms with Crippen LogP contribution < -0.4 is 10.6 Å². The van der Waals surface area contributed by atoms with E-state index in [0.717, 1.165) is 31.6 Å². The highest BCUT2D eigenvalue weighted by Gasteiger charge is 2.12. The molecule has 1 aliphatic rings. The second kappa shape index (κ2) is 4.76. The van der Waals surface area contributed by atoms with Crippen molar-refractivity contribution in [3.63, 3.8) is 0 Å². The number of nitriles is 1. The molecule has 1 fully saturated rings. The first kappa shape index (κ1) is 9.94. The normalized spacial score (nSPS) is 17.0. The fourth-order valence-corrected chi connectivity index (χ4v) is 1.78. The van der Waals surface area contributed by atoms with E-state index in [1.807, 2.05) is 12.1 Å². The molecule has 1 aromatic rings. The molecule has 2 heterocycles. The minimum absolute atomic E-state index is 0.467. The van der Waals surface area contributed by atoms with Crippen LogP contribution in [-0.2, 0) is 0 Å². The fraction of sp³-hybridized carbons (Fsp3) is 0.455. The van der Waals surface area contributed by atoms with Crippen molar-refractivity contribution in [2.45, 2.75) is 18.9 Å². The summed E-state index contributed by atoms with van der Waals surface area (Å²) >= 11 is 0. The third-order valence-electron chi connectivity index (χ3n) is 2.58. The number of pyridine rings is 1. The lowest BCUT2D eigenvalue weighted by Crippen LogP contribution is -2.35. The van der Waals surface area contributed by atoms with Crippen molar-refractivity contribution < 1.29 is 0 Å². The third kappa shape index (κ3) is 2.67. The van der Waals surface area contributed by atoms with E-state index in [-0.39, 0.29) is 0 Å². The number of anilines is 1. The summed E-state index contributed by atoms with van der Waals surface area (Å²) in [6.07, 6.45) is 3.93. The topological polar surface area (TPSA) is 60.7 Å². The minimum Gasteiger partial charge on any atom is -0.382 e. The molecule has 1 saturated heterocycles. The molecule has 4 nitrogen and oxygen atoms in total. The Morgan fingerprint density at radius 2 is 2.27 bits per heavy atom. The molecule has 0 amide bonds. The molecule has 1 aliphatic heterocycles. The van der Waals surface area contributed by atoms with E-state index in [4.69, 9.17) is 5.26 Å². The number of hydrogen-bond acceptors (Lipinski definition) is 4. The third-order valence-corrected chi connectivity index (χ3v) is 2.58. The number of aromatic nitrogens is 1. The van der Waals surface area contributed by atoms with Crippen LogP contribution in [0.15, 0.2) is 18.3 Å². The number of piperidine rings is 1. The van der Waals surface area contributed by atoms with Crippen LogP contribution in [0.5, 0.6) is 0 Å². The first-order chi connectivity index (χ1) is 7.38. The van der Waals surface area contributed by atoms with Crippen LogP contribution in [0.3, 0.4) is 0 Å². The lowest BCUT2D eigenvalue weighted by atomic mass is 10.1. The van der Waals surface area contributed by atoms with Gasteiger partial charge in [-0.25, -0.2) is 4.98 Å². The Labute approximate surface area is 89.3 Å². The number of nitrogens with zero attached hydrogens (tertiary/aromatic N) is 2. The van der Waals surface area contributed by atoms with Gasteiger partial charge >= 0.3 is 0 Å². The van der Waals surface area contributed by atoms with Gasteiger partial charge in [0.1, 0.15) is 11.8 Å². The van der Waals surface area contributed by atoms with Crippen LogP contribution in [0.1, 0.15) is 18.5 Å². The van der Waals surface area contributed by atoms with Crippen LogP contribution in [0.25, 0.3) is 0 Å². The second-order valence-corrected chi connectivity index (χ2v) is 3.71. The van der Waals surface area contributed by atoms with Gasteiger partial charge in [-0.3, -0.25) is 0 Å². The van der Waals surface area contributed by atoms with Gasteiger partial charge in [-0.15, -0.1) is 0 Å². The van der Waals surface area contributed by atoms with Crippen LogP contribution in [0.4, 0.5) is 5.69 Å². The second-order valence-electron chi connectivity index (χ2n) is 3.71. The molecule has 0 radical (unpaired) electrons. The van der Waals surface area contributed by atoms with E-state index in [2.05, 4.69) is 15.6 Å². The van der Waals surface area contributed by atoms with Crippen molar-refractivity contribution >= 4 is 5.69 Å². The molecule has 0 atom stereocenters. The predicted molar refractivity (Wildman–Crippen MR) is 58.5 cm³/mol. The molecule has 0 spiro atoms. The molecule has 15 heavy (non-hydrogen) atoms. The highest BCUT2D eigenvalue weighted by atomic mass is 15.0. The molecule has 0 aliphatic carbocycles. The molecule has 1 aromatic heterocycles. The summed E-state index contributed by atoms with van der Waals surface area (Å²) in [7, 11) is 0. The lowest BCUT2D eigenvalue weighted by molar-refractivity contribution is 0.479. The molecule has 0 saturated carbocycles. The number of nitrogens with one attached hydrogen (secondary N) is 2. The largest absolute Gasteiger partial charge is 0.382 e. The van der Waals surface area contributed by atoms with Gasteiger partial charge in [0.15, 0.2) is 0 Å². The first-order valence-electron chi connectivity index (χ1n) is 5.22. The summed E-state index contributed by atoms with van der Waals surface area (Å²) in [6, 6.07) is 6.25. The summed E-state index contributed by atoms with van der Waals surface area (Å²) in [4.78, 5) is 3.94. The van der Waals surface area contributed by atoms with E-state index in [9.17, 15) is 0 Å². The maximum absolute atomic E-state index is 8.72. The molecule has 2 N–H and O–H groups in total. The maximum atomic E-state index is 8.72. The maximum Gasteiger partial charge on any atom is 0.142 e. The average Bonchev–Trinajstić information content (AvgIpc) is 2.31. The molecular weight excluding hydrogens is 188 g/mol.